The first-order chi connectivity index (χ1) is 8.45. The SMILES string of the molecule is CC(C)(C)N1CCC(Oc2ccc(Br)cc2)CC1. The van der Waals surface area contributed by atoms with Crippen molar-refractivity contribution in [2.75, 3.05) is 13.1 Å². The predicted molar refractivity (Wildman–Crippen MR) is 79.1 cm³/mol. The van der Waals surface area contributed by atoms with E-state index in [1.54, 1.807) is 0 Å². The van der Waals surface area contributed by atoms with Gasteiger partial charge in [0.2, 0.25) is 0 Å². The molecule has 0 spiro atoms. The average molecular weight is 312 g/mol. The predicted octanol–water partition coefficient (Wildman–Crippen LogP) is 4.09. The molecule has 1 heterocycles. The van der Waals surface area contributed by atoms with E-state index in [0.29, 0.717) is 6.10 Å². The van der Waals surface area contributed by atoms with Crippen molar-refractivity contribution in [3.63, 3.8) is 0 Å². The molecule has 0 radical (unpaired) electrons. The van der Waals surface area contributed by atoms with Crippen LogP contribution in [0.1, 0.15) is 33.6 Å². The molecule has 18 heavy (non-hydrogen) atoms. The number of hydrogen-bond acceptors (Lipinski definition) is 2. The molecule has 0 bridgehead atoms. The summed E-state index contributed by atoms with van der Waals surface area (Å²) < 4.78 is 7.12. The fourth-order valence-electron chi connectivity index (χ4n) is 2.35. The number of halogens is 1. The van der Waals surface area contributed by atoms with Gasteiger partial charge in [0.05, 0.1) is 0 Å². The molecule has 2 rings (SSSR count). The number of rotatable bonds is 2. The molecule has 0 unspecified atom stereocenters. The average Bonchev–Trinajstić information content (AvgIpc) is 2.32. The zero-order valence-corrected chi connectivity index (χ0v) is 13.0. The molecule has 0 amide bonds. The van der Waals surface area contributed by atoms with Crippen molar-refractivity contribution >= 4 is 15.9 Å². The molecule has 1 saturated heterocycles. The van der Waals surface area contributed by atoms with Crippen LogP contribution in [0.25, 0.3) is 0 Å². The Hall–Kier alpha value is -0.540. The highest BCUT2D eigenvalue weighted by atomic mass is 79.9. The van der Waals surface area contributed by atoms with Crippen LogP contribution in [0.5, 0.6) is 5.75 Å². The molecule has 1 aromatic rings. The van der Waals surface area contributed by atoms with E-state index in [0.717, 1.165) is 36.2 Å². The summed E-state index contributed by atoms with van der Waals surface area (Å²) in [5.74, 6) is 0.979. The van der Waals surface area contributed by atoms with Gasteiger partial charge in [-0.1, -0.05) is 15.9 Å². The summed E-state index contributed by atoms with van der Waals surface area (Å²) in [7, 11) is 0. The highest BCUT2D eigenvalue weighted by Crippen LogP contribution is 2.24. The van der Waals surface area contributed by atoms with Crippen LogP contribution < -0.4 is 4.74 Å². The van der Waals surface area contributed by atoms with E-state index >= 15 is 0 Å². The van der Waals surface area contributed by atoms with Crippen molar-refractivity contribution in [3.8, 4) is 5.75 Å². The quantitative estimate of drug-likeness (QED) is 0.815. The van der Waals surface area contributed by atoms with Gasteiger partial charge in [-0.2, -0.15) is 0 Å². The molecular weight excluding hydrogens is 290 g/mol. The number of nitrogens with zero attached hydrogens (tertiary/aromatic N) is 1. The topological polar surface area (TPSA) is 12.5 Å². The third-order valence-electron chi connectivity index (χ3n) is 3.51. The summed E-state index contributed by atoms with van der Waals surface area (Å²) in [6.07, 6.45) is 2.60. The van der Waals surface area contributed by atoms with E-state index < -0.39 is 0 Å². The Kier molecular flexibility index (Phi) is 4.33. The zero-order chi connectivity index (χ0) is 13.2. The van der Waals surface area contributed by atoms with Crippen LogP contribution in [0.3, 0.4) is 0 Å². The maximum Gasteiger partial charge on any atom is 0.119 e. The molecule has 1 fully saturated rings. The van der Waals surface area contributed by atoms with Crippen LogP contribution in [-0.2, 0) is 0 Å². The Morgan fingerprint density at radius 1 is 1.11 bits per heavy atom. The fraction of sp³-hybridized carbons (Fsp3) is 0.600. The number of piperidine rings is 1. The van der Waals surface area contributed by atoms with Crippen LogP contribution in [0, 0.1) is 0 Å². The highest BCUT2D eigenvalue weighted by Gasteiger charge is 2.27. The van der Waals surface area contributed by atoms with Gasteiger partial charge in [0.1, 0.15) is 11.9 Å². The standard InChI is InChI=1S/C15H22BrNO/c1-15(2,3)17-10-8-14(9-11-17)18-13-6-4-12(16)5-7-13/h4-7,14H,8-11H2,1-3H3. The van der Waals surface area contributed by atoms with E-state index in [1.165, 1.54) is 0 Å². The van der Waals surface area contributed by atoms with Crippen LogP contribution in [0.2, 0.25) is 0 Å². The molecule has 0 atom stereocenters. The lowest BCUT2D eigenvalue weighted by atomic mass is 9.99. The maximum absolute atomic E-state index is 6.02. The molecule has 0 aromatic heterocycles. The summed E-state index contributed by atoms with van der Waals surface area (Å²) in [4.78, 5) is 2.54. The van der Waals surface area contributed by atoms with Gasteiger partial charge in [0, 0.05) is 23.1 Å². The van der Waals surface area contributed by atoms with Gasteiger partial charge in [0.15, 0.2) is 0 Å². The molecule has 100 valence electrons. The van der Waals surface area contributed by atoms with Crippen LogP contribution in [0.15, 0.2) is 28.7 Å². The van der Waals surface area contributed by atoms with Gasteiger partial charge < -0.3 is 4.74 Å². The molecule has 2 nitrogen and oxygen atoms in total. The number of benzene rings is 1. The van der Waals surface area contributed by atoms with Crippen LogP contribution >= 0.6 is 15.9 Å². The summed E-state index contributed by atoms with van der Waals surface area (Å²) in [5, 5.41) is 0. The summed E-state index contributed by atoms with van der Waals surface area (Å²) in [5.41, 5.74) is 0.280. The van der Waals surface area contributed by atoms with Gasteiger partial charge in [-0.25, -0.2) is 0 Å². The second-order valence-electron chi connectivity index (χ2n) is 5.93. The fourth-order valence-corrected chi connectivity index (χ4v) is 2.61. The second kappa shape index (κ2) is 5.62. The molecule has 0 N–H and O–H groups in total. The monoisotopic (exact) mass is 311 g/mol. The molecule has 1 aliphatic heterocycles. The second-order valence-corrected chi connectivity index (χ2v) is 6.84. The van der Waals surface area contributed by atoms with Crippen molar-refractivity contribution in [1.29, 1.82) is 0 Å². The third kappa shape index (κ3) is 3.72. The van der Waals surface area contributed by atoms with E-state index in [-0.39, 0.29) is 5.54 Å². The summed E-state index contributed by atoms with van der Waals surface area (Å²) in [6, 6.07) is 8.11. The first-order valence-electron chi connectivity index (χ1n) is 6.62. The highest BCUT2D eigenvalue weighted by molar-refractivity contribution is 9.10. The zero-order valence-electron chi connectivity index (χ0n) is 11.4. The number of likely N-dealkylation sites (tertiary alicyclic amines) is 1. The number of ether oxygens (including phenoxy) is 1. The molecule has 1 aromatic carbocycles. The van der Waals surface area contributed by atoms with Gasteiger partial charge >= 0.3 is 0 Å². The molecular formula is C15H22BrNO. The van der Waals surface area contributed by atoms with Gasteiger partial charge in [-0.05, 0) is 57.9 Å². The largest absolute Gasteiger partial charge is 0.490 e. The maximum atomic E-state index is 6.02. The van der Waals surface area contributed by atoms with Crippen molar-refractivity contribution in [1.82, 2.24) is 4.90 Å². The Labute approximate surface area is 118 Å². The first kappa shape index (κ1) is 13.9. The first-order valence-corrected chi connectivity index (χ1v) is 7.42. The van der Waals surface area contributed by atoms with E-state index in [1.807, 2.05) is 24.3 Å². The van der Waals surface area contributed by atoms with Crippen molar-refractivity contribution in [2.24, 2.45) is 0 Å². The van der Waals surface area contributed by atoms with Gasteiger partial charge in [-0.15, -0.1) is 0 Å². The minimum absolute atomic E-state index is 0.280. The van der Waals surface area contributed by atoms with Gasteiger partial charge in [-0.3, -0.25) is 4.90 Å². The Morgan fingerprint density at radius 3 is 2.17 bits per heavy atom. The third-order valence-corrected chi connectivity index (χ3v) is 4.04. The van der Waals surface area contributed by atoms with Crippen LogP contribution in [-0.4, -0.2) is 29.6 Å². The Balaban J connectivity index is 1.85. The Bertz CT molecular complexity index is 374. The lowest BCUT2D eigenvalue weighted by molar-refractivity contribution is 0.0491. The van der Waals surface area contributed by atoms with Crippen molar-refractivity contribution < 1.29 is 4.74 Å². The molecule has 0 saturated carbocycles. The van der Waals surface area contributed by atoms with E-state index in [2.05, 4.69) is 41.6 Å². The lowest BCUT2D eigenvalue weighted by Crippen LogP contribution is -2.48. The van der Waals surface area contributed by atoms with E-state index in [9.17, 15) is 0 Å². The number of hydrogen-bond donors (Lipinski definition) is 0. The van der Waals surface area contributed by atoms with Crippen molar-refractivity contribution in [3.05, 3.63) is 28.7 Å². The molecule has 1 aliphatic rings. The van der Waals surface area contributed by atoms with Crippen molar-refractivity contribution in [2.45, 2.75) is 45.3 Å². The minimum atomic E-state index is 0.280. The van der Waals surface area contributed by atoms with Crippen LogP contribution in [0.4, 0.5) is 0 Å². The van der Waals surface area contributed by atoms with Gasteiger partial charge in [0.25, 0.3) is 0 Å². The summed E-state index contributed by atoms with van der Waals surface area (Å²) in [6.45, 7) is 9.10. The smallest absolute Gasteiger partial charge is 0.119 e. The minimum Gasteiger partial charge on any atom is -0.490 e. The Morgan fingerprint density at radius 2 is 1.67 bits per heavy atom. The normalized spacial score (nSPS) is 18.9. The molecule has 3 heteroatoms. The summed E-state index contributed by atoms with van der Waals surface area (Å²) >= 11 is 3.44. The lowest BCUT2D eigenvalue weighted by Gasteiger charge is -2.40. The van der Waals surface area contributed by atoms with E-state index in [4.69, 9.17) is 4.74 Å². The molecule has 0 aliphatic carbocycles.